The summed E-state index contributed by atoms with van der Waals surface area (Å²) in [6.45, 7) is 0. The molecule has 0 amide bonds. The first-order valence-corrected chi connectivity index (χ1v) is 21.2. The molecule has 0 spiro atoms. The Morgan fingerprint density at radius 2 is 0.770 bits per heavy atom. The number of pyridine rings is 2. The summed E-state index contributed by atoms with van der Waals surface area (Å²) in [5.41, 5.74) is 15.2. The maximum Gasteiger partial charge on any atom is 0.160 e. The van der Waals surface area contributed by atoms with E-state index in [1.165, 1.54) is 36.9 Å². The van der Waals surface area contributed by atoms with E-state index in [1.807, 2.05) is 78.3 Å². The lowest BCUT2D eigenvalue weighted by Gasteiger charge is -2.15. The van der Waals surface area contributed by atoms with Crippen molar-refractivity contribution in [2.45, 2.75) is 0 Å². The molecular weight excluding hydrogens is 761 g/mol. The monoisotopic (exact) mass is 796 g/mol. The first-order chi connectivity index (χ1) is 30.2. The molecule has 4 aromatic heterocycles. The van der Waals surface area contributed by atoms with Gasteiger partial charge in [-0.1, -0.05) is 133 Å². The van der Waals surface area contributed by atoms with Gasteiger partial charge in [0.25, 0.3) is 0 Å². The topological polar surface area (TPSA) is 51.6 Å². The van der Waals surface area contributed by atoms with Crippen molar-refractivity contribution < 1.29 is 0 Å². The fourth-order valence-corrected chi connectivity index (χ4v) is 9.39. The average molecular weight is 797 g/mol. The van der Waals surface area contributed by atoms with Crippen LogP contribution in [0.4, 0.5) is 0 Å². The SMILES string of the molecule is c1ccc(-c2ccc(-c3cc(-c4cc(-c5cc(-c6ccccn6)cc(-c6ccccn6)c5)nc(-c5ccccc5)n4)cc(-c4cccc5c4sc4ccccc45)c3)cc2)cc1. The summed E-state index contributed by atoms with van der Waals surface area (Å²) < 4.78 is 2.55. The lowest BCUT2D eigenvalue weighted by Crippen LogP contribution is -1.97. The third kappa shape index (κ3) is 7.18. The van der Waals surface area contributed by atoms with Crippen LogP contribution in [0.15, 0.2) is 219 Å². The molecule has 0 fully saturated rings. The van der Waals surface area contributed by atoms with Crippen LogP contribution in [0.2, 0.25) is 0 Å². The van der Waals surface area contributed by atoms with Crippen LogP contribution in [-0.4, -0.2) is 19.9 Å². The summed E-state index contributed by atoms with van der Waals surface area (Å²) in [6, 6.07) is 72.6. The molecule has 0 bridgehead atoms. The zero-order valence-electron chi connectivity index (χ0n) is 33.0. The van der Waals surface area contributed by atoms with Gasteiger partial charge in [0.05, 0.1) is 22.8 Å². The minimum atomic E-state index is 0.654. The quantitative estimate of drug-likeness (QED) is 0.154. The zero-order chi connectivity index (χ0) is 40.5. The minimum absolute atomic E-state index is 0.654. The highest BCUT2D eigenvalue weighted by atomic mass is 32.1. The first kappa shape index (κ1) is 36.2. The molecule has 0 unspecified atom stereocenters. The Kier molecular flexibility index (Phi) is 9.34. The Labute approximate surface area is 358 Å². The van der Waals surface area contributed by atoms with Gasteiger partial charge in [-0.05, 0) is 106 Å². The van der Waals surface area contributed by atoms with Gasteiger partial charge in [0.2, 0.25) is 0 Å². The Morgan fingerprint density at radius 1 is 0.295 bits per heavy atom. The molecule has 0 aliphatic rings. The maximum absolute atomic E-state index is 5.35. The van der Waals surface area contributed by atoms with Crippen LogP contribution < -0.4 is 0 Å². The first-order valence-electron chi connectivity index (χ1n) is 20.3. The molecule has 11 rings (SSSR count). The van der Waals surface area contributed by atoms with Gasteiger partial charge in [-0.3, -0.25) is 9.97 Å². The Bertz CT molecular complexity index is 3270. The van der Waals surface area contributed by atoms with Crippen LogP contribution in [0.3, 0.4) is 0 Å². The lowest BCUT2D eigenvalue weighted by molar-refractivity contribution is 1.18. The van der Waals surface area contributed by atoms with Gasteiger partial charge >= 0.3 is 0 Å². The Hall–Kier alpha value is -7.86. The van der Waals surface area contributed by atoms with E-state index >= 15 is 0 Å². The number of hydrogen-bond acceptors (Lipinski definition) is 5. The number of rotatable bonds is 8. The molecule has 0 N–H and O–H groups in total. The lowest BCUT2D eigenvalue weighted by atomic mass is 9.93. The van der Waals surface area contributed by atoms with Gasteiger partial charge in [0, 0.05) is 60.4 Å². The molecule has 0 saturated carbocycles. The van der Waals surface area contributed by atoms with Crippen molar-refractivity contribution in [3.63, 3.8) is 0 Å². The zero-order valence-corrected chi connectivity index (χ0v) is 33.8. The van der Waals surface area contributed by atoms with Gasteiger partial charge in [-0.15, -0.1) is 11.3 Å². The molecular formula is C56H36N4S. The van der Waals surface area contributed by atoms with E-state index in [0.29, 0.717) is 5.82 Å². The van der Waals surface area contributed by atoms with E-state index in [1.54, 1.807) is 0 Å². The molecule has 0 atom stereocenters. The summed E-state index contributed by atoms with van der Waals surface area (Å²) in [7, 11) is 0. The fraction of sp³-hybridized carbons (Fsp3) is 0. The van der Waals surface area contributed by atoms with E-state index in [4.69, 9.17) is 19.9 Å². The number of benzene rings is 7. The van der Waals surface area contributed by atoms with Crippen molar-refractivity contribution in [2.24, 2.45) is 0 Å². The number of nitrogens with zero attached hydrogens (tertiary/aromatic N) is 4. The van der Waals surface area contributed by atoms with Crippen LogP contribution in [-0.2, 0) is 0 Å². The largest absolute Gasteiger partial charge is 0.256 e. The van der Waals surface area contributed by atoms with Crippen LogP contribution in [0.1, 0.15) is 0 Å². The highest BCUT2D eigenvalue weighted by Crippen LogP contribution is 2.43. The molecule has 0 aliphatic heterocycles. The van der Waals surface area contributed by atoms with Gasteiger partial charge in [0.15, 0.2) is 5.82 Å². The number of fused-ring (bicyclic) bond motifs is 3. The standard InChI is InChI=1S/C56H36N4S/c1-3-14-37(15-4-1)38-24-26-39(27-25-38)41-30-42(47-19-13-20-49-48-18-7-8-23-54(48)61-55(47)49)32-45(31-41)52-36-53(60-56(59-52)40-16-5-2-6-17-40)46-34-43(50-21-9-11-28-57-50)33-44(35-46)51-22-10-12-29-58-51/h1-36H. The highest BCUT2D eigenvalue weighted by molar-refractivity contribution is 7.26. The van der Waals surface area contributed by atoms with Crippen LogP contribution in [0.5, 0.6) is 0 Å². The maximum atomic E-state index is 5.35. The van der Waals surface area contributed by atoms with Crippen LogP contribution >= 0.6 is 11.3 Å². The van der Waals surface area contributed by atoms with Crippen LogP contribution in [0, 0.1) is 0 Å². The summed E-state index contributed by atoms with van der Waals surface area (Å²) in [5, 5.41) is 2.55. The normalized spacial score (nSPS) is 11.3. The van der Waals surface area contributed by atoms with E-state index in [9.17, 15) is 0 Å². The third-order valence-corrected chi connectivity index (χ3v) is 12.4. The second kappa shape index (κ2) is 15.7. The second-order valence-corrected chi connectivity index (χ2v) is 16.1. The van der Waals surface area contributed by atoms with E-state index in [0.717, 1.165) is 67.3 Å². The number of aromatic nitrogens is 4. The molecule has 0 saturated heterocycles. The highest BCUT2D eigenvalue weighted by Gasteiger charge is 2.18. The predicted octanol–water partition coefficient (Wildman–Crippen LogP) is 15.0. The summed E-state index contributed by atoms with van der Waals surface area (Å²) >= 11 is 1.85. The van der Waals surface area contributed by atoms with E-state index in [-0.39, 0.29) is 0 Å². The molecule has 4 heterocycles. The van der Waals surface area contributed by atoms with Gasteiger partial charge in [-0.25, -0.2) is 9.97 Å². The van der Waals surface area contributed by atoms with Crippen molar-refractivity contribution >= 4 is 31.5 Å². The second-order valence-electron chi connectivity index (χ2n) is 15.1. The van der Waals surface area contributed by atoms with Crippen molar-refractivity contribution in [2.75, 3.05) is 0 Å². The molecule has 4 nitrogen and oxygen atoms in total. The van der Waals surface area contributed by atoms with Crippen LogP contribution in [0.25, 0.3) is 110 Å². The van der Waals surface area contributed by atoms with Crippen molar-refractivity contribution in [1.82, 2.24) is 19.9 Å². The number of thiophene rings is 1. The average Bonchev–Trinajstić information content (AvgIpc) is 3.74. The summed E-state index contributed by atoms with van der Waals surface area (Å²) in [6.07, 6.45) is 3.66. The molecule has 7 aromatic carbocycles. The molecule has 286 valence electrons. The van der Waals surface area contributed by atoms with Gasteiger partial charge in [0.1, 0.15) is 0 Å². The van der Waals surface area contributed by atoms with Crippen molar-refractivity contribution in [1.29, 1.82) is 0 Å². The predicted molar refractivity (Wildman–Crippen MR) is 254 cm³/mol. The smallest absolute Gasteiger partial charge is 0.160 e. The Balaban J connectivity index is 1.13. The molecule has 61 heavy (non-hydrogen) atoms. The van der Waals surface area contributed by atoms with E-state index in [2.05, 4.69) is 152 Å². The van der Waals surface area contributed by atoms with Gasteiger partial charge < -0.3 is 0 Å². The third-order valence-electron chi connectivity index (χ3n) is 11.2. The fourth-order valence-electron chi connectivity index (χ4n) is 8.16. The molecule has 0 aliphatic carbocycles. The molecule has 5 heteroatoms. The molecule has 0 radical (unpaired) electrons. The Morgan fingerprint density at radius 3 is 1.39 bits per heavy atom. The van der Waals surface area contributed by atoms with Gasteiger partial charge in [-0.2, -0.15) is 0 Å². The minimum Gasteiger partial charge on any atom is -0.256 e. The summed E-state index contributed by atoms with van der Waals surface area (Å²) in [5.74, 6) is 0.654. The van der Waals surface area contributed by atoms with E-state index < -0.39 is 0 Å². The number of hydrogen-bond donors (Lipinski definition) is 0. The van der Waals surface area contributed by atoms with Crippen molar-refractivity contribution in [3.05, 3.63) is 219 Å². The van der Waals surface area contributed by atoms with Crippen molar-refractivity contribution in [3.8, 4) is 89.8 Å². The molecule has 11 aromatic rings. The summed E-state index contributed by atoms with van der Waals surface area (Å²) in [4.78, 5) is 20.1.